The van der Waals surface area contributed by atoms with Gasteiger partial charge in [0.2, 0.25) is 0 Å². The molecule has 1 N–H and O–H groups in total. The average Bonchev–Trinajstić information content (AvgIpc) is 2.64. The smallest absolute Gasteiger partial charge is 0.277 e. The van der Waals surface area contributed by atoms with E-state index >= 15 is 0 Å². The standard InChI is InChI=1S/C21H26FN3O/c1-17-7-3-4-8-18(17)15-23(2)16-21(26)25-13-11-24(12-14-25)20-10-6-5-9-19(20)22/h3-10H,11-16H2,1-2H3/p+1. The molecule has 3 rings (SSSR count). The van der Waals surface area contributed by atoms with E-state index < -0.39 is 0 Å². The minimum atomic E-state index is -0.199. The Hall–Kier alpha value is -2.40. The fourth-order valence-corrected chi connectivity index (χ4v) is 3.47. The Labute approximate surface area is 154 Å². The van der Waals surface area contributed by atoms with Gasteiger partial charge in [0.05, 0.1) is 12.7 Å². The van der Waals surface area contributed by atoms with Crippen LogP contribution in [0.1, 0.15) is 11.1 Å². The molecule has 0 aliphatic carbocycles. The number of piperazine rings is 1. The first kappa shape index (κ1) is 18.4. The van der Waals surface area contributed by atoms with E-state index in [0.717, 1.165) is 6.54 Å². The van der Waals surface area contributed by atoms with E-state index in [4.69, 9.17) is 0 Å². The van der Waals surface area contributed by atoms with E-state index in [1.807, 2.05) is 28.0 Å². The number of halogens is 1. The highest BCUT2D eigenvalue weighted by Gasteiger charge is 2.24. The van der Waals surface area contributed by atoms with Crippen LogP contribution in [0.4, 0.5) is 10.1 Å². The molecule has 0 radical (unpaired) electrons. The maximum absolute atomic E-state index is 13.9. The molecule has 138 valence electrons. The van der Waals surface area contributed by atoms with Gasteiger partial charge >= 0.3 is 0 Å². The Morgan fingerprint density at radius 3 is 2.38 bits per heavy atom. The van der Waals surface area contributed by atoms with Crippen molar-refractivity contribution in [2.45, 2.75) is 13.5 Å². The highest BCUT2D eigenvalue weighted by molar-refractivity contribution is 5.77. The molecule has 4 nitrogen and oxygen atoms in total. The number of anilines is 1. The largest absolute Gasteiger partial charge is 0.366 e. The first-order valence-corrected chi connectivity index (χ1v) is 9.17. The van der Waals surface area contributed by atoms with Crippen molar-refractivity contribution in [3.63, 3.8) is 0 Å². The predicted octanol–water partition coefficient (Wildman–Crippen LogP) is 1.50. The summed E-state index contributed by atoms with van der Waals surface area (Å²) < 4.78 is 13.9. The molecule has 1 amide bonds. The Kier molecular flexibility index (Phi) is 5.89. The van der Waals surface area contributed by atoms with Crippen LogP contribution in [0.15, 0.2) is 48.5 Å². The van der Waals surface area contributed by atoms with Gasteiger partial charge in [0.25, 0.3) is 5.91 Å². The van der Waals surface area contributed by atoms with E-state index in [0.29, 0.717) is 38.4 Å². The number of hydrogen-bond acceptors (Lipinski definition) is 2. The van der Waals surface area contributed by atoms with Crippen molar-refractivity contribution >= 4 is 11.6 Å². The van der Waals surface area contributed by atoms with Gasteiger partial charge in [0, 0.05) is 31.7 Å². The third-order valence-electron chi connectivity index (χ3n) is 5.03. The number of quaternary nitrogens is 1. The molecule has 1 saturated heterocycles. The molecule has 0 saturated carbocycles. The van der Waals surface area contributed by atoms with E-state index in [9.17, 15) is 9.18 Å². The number of rotatable bonds is 5. The number of amides is 1. The normalized spacial score (nSPS) is 15.8. The second kappa shape index (κ2) is 8.32. The lowest BCUT2D eigenvalue weighted by Gasteiger charge is -2.36. The first-order chi connectivity index (χ1) is 12.5. The minimum absolute atomic E-state index is 0.171. The predicted molar refractivity (Wildman–Crippen MR) is 102 cm³/mol. The average molecular weight is 356 g/mol. The summed E-state index contributed by atoms with van der Waals surface area (Å²) >= 11 is 0. The molecule has 1 fully saturated rings. The molecule has 2 aromatic carbocycles. The van der Waals surface area contributed by atoms with E-state index in [1.54, 1.807) is 12.1 Å². The second-order valence-corrected chi connectivity index (χ2v) is 7.06. The summed E-state index contributed by atoms with van der Waals surface area (Å²) in [4.78, 5) is 17.7. The molecule has 1 aliphatic heterocycles. The Morgan fingerprint density at radius 2 is 1.69 bits per heavy atom. The van der Waals surface area contributed by atoms with Crippen molar-refractivity contribution < 1.29 is 14.1 Å². The molecule has 1 aliphatic rings. The molecule has 0 aromatic heterocycles. The molecule has 1 unspecified atom stereocenters. The molecule has 1 heterocycles. The number of hydrogen-bond donors (Lipinski definition) is 1. The summed E-state index contributed by atoms with van der Waals surface area (Å²) in [5.74, 6) is -0.0287. The third-order valence-corrected chi connectivity index (χ3v) is 5.03. The van der Waals surface area contributed by atoms with Crippen LogP contribution < -0.4 is 9.80 Å². The van der Waals surface area contributed by atoms with Crippen LogP contribution in [0, 0.1) is 12.7 Å². The van der Waals surface area contributed by atoms with Crippen molar-refractivity contribution in [3.05, 3.63) is 65.5 Å². The van der Waals surface area contributed by atoms with Crippen LogP contribution >= 0.6 is 0 Å². The van der Waals surface area contributed by atoms with Gasteiger partial charge in [-0.3, -0.25) is 4.79 Å². The Bertz CT molecular complexity index is 756. The molecular weight excluding hydrogens is 329 g/mol. The van der Waals surface area contributed by atoms with Crippen molar-refractivity contribution in [3.8, 4) is 0 Å². The molecule has 5 heteroatoms. The van der Waals surface area contributed by atoms with Crippen molar-refractivity contribution in [1.29, 1.82) is 0 Å². The van der Waals surface area contributed by atoms with Gasteiger partial charge in [-0.25, -0.2) is 4.39 Å². The van der Waals surface area contributed by atoms with Crippen LogP contribution in [0.3, 0.4) is 0 Å². The maximum atomic E-state index is 13.9. The Balaban J connectivity index is 1.51. The minimum Gasteiger partial charge on any atom is -0.366 e. The van der Waals surface area contributed by atoms with Gasteiger partial charge in [-0.2, -0.15) is 0 Å². The summed E-state index contributed by atoms with van der Waals surface area (Å²) in [5.41, 5.74) is 3.17. The summed E-state index contributed by atoms with van der Waals surface area (Å²) in [7, 11) is 2.06. The van der Waals surface area contributed by atoms with Gasteiger partial charge in [-0.1, -0.05) is 36.4 Å². The lowest BCUT2D eigenvalue weighted by atomic mass is 10.1. The topological polar surface area (TPSA) is 28.0 Å². The lowest BCUT2D eigenvalue weighted by molar-refractivity contribution is -0.885. The summed E-state index contributed by atoms with van der Waals surface area (Å²) in [6.07, 6.45) is 0. The summed E-state index contributed by atoms with van der Waals surface area (Å²) in [6, 6.07) is 15.1. The van der Waals surface area contributed by atoms with E-state index in [-0.39, 0.29) is 11.7 Å². The molecule has 1 atom stereocenters. The number of nitrogens with zero attached hydrogens (tertiary/aromatic N) is 2. The molecule has 0 spiro atoms. The number of nitrogens with one attached hydrogen (secondary N) is 1. The number of likely N-dealkylation sites (N-methyl/N-ethyl adjacent to an activating group) is 1. The number of aryl methyl sites for hydroxylation is 1. The SMILES string of the molecule is Cc1ccccc1C[NH+](C)CC(=O)N1CCN(c2ccccc2F)CC1. The van der Waals surface area contributed by atoms with Crippen molar-refractivity contribution in [1.82, 2.24) is 4.90 Å². The van der Waals surface area contributed by atoms with Crippen LogP contribution in [0.5, 0.6) is 0 Å². The molecule has 2 aromatic rings. The molecule has 26 heavy (non-hydrogen) atoms. The van der Waals surface area contributed by atoms with Gasteiger partial charge < -0.3 is 14.7 Å². The zero-order valence-electron chi connectivity index (χ0n) is 15.5. The number of carbonyl (C=O) groups excluding carboxylic acids is 1. The van der Waals surface area contributed by atoms with Gasteiger partial charge in [-0.15, -0.1) is 0 Å². The highest BCUT2D eigenvalue weighted by atomic mass is 19.1. The molecular formula is C21H27FN3O+. The first-order valence-electron chi connectivity index (χ1n) is 9.17. The fourth-order valence-electron chi connectivity index (χ4n) is 3.47. The second-order valence-electron chi connectivity index (χ2n) is 7.06. The van der Waals surface area contributed by atoms with Crippen LogP contribution in [-0.2, 0) is 11.3 Å². The van der Waals surface area contributed by atoms with Gasteiger partial charge in [0.15, 0.2) is 6.54 Å². The molecule has 0 bridgehead atoms. The van der Waals surface area contributed by atoms with Crippen LogP contribution in [0.2, 0.25) is 0 Å². The van der Waals surface area contributed by atoms with Crippen molar-refractivity contribution in [2.24, 2.45) is 0 Å². The third kappa shape index (κ3) is 4.41. The number of carbonyl (C=O) groups is 1. The van der Waals surface area contributed by atoms with Gasteiger partial charge in [0.1, 0.15) is 12.4 Å². The Morgan fingerprint density at radius 1 is 1.04 bits per heavy atom. The summed E-state index contributed by atoms with van der Waals surface area (Å²) in [5, 5.41) is 0. The number of benzene rings is 2. The fraction of sp³-hybridized carbons (Fsp3) is 0.381. The zero-order valence-corrected chi connectivity index (χ0v) is 15.5. The van der Waals surface area contributed by atoms with Gasteiger partial charge in [-0.05, 0) is 24.6 Å². The van der Waals surface area contributed by atoms with Crippen LogP contribution in [-0.4, -0.2) is 50.6 Å². The summed E-state index contributed by atoms with van der Waals surface area (Å²) in [6.45, 7) is 6.05. The maximum Gasteiger partial charge on any atom is 0.277 e. The van der Waals surface area contributed by atoms with Crippen molar-refractivity contribution in [2.75, 3.05) is 44.7 Å². The highest BCUT2D eigenvalue weighted by Crippen LogP contribution is 2.20. The monoisotopic (exact) mass is 356 g/mol. The zero-order chi connectivity index (χ0) is 18.5. The lowest BCUT2D eigenvalue weighted by Crippen LogP contribution is -3.09. The van der Waals surface area contributed by atoms with E-state index in [1.165, 1.54) is 22.1 Å². The number of para-hydroxylation sites is 1. The quantitative estimate of drug-likeness (QED) is 0.879. The van der Waals surface area contributed by atoms with E-state index in [2.05, 4.69) is 26.1 Å². The van der Waals surface area contributed by atoms with Crippen LogP contribution in [0.25, 0.3) is 0 Å².